The molecule has 0 bridgehead atoms. The van der Waals surface area contributed by atoms with E-state index in [0.717, 1.165) is 0 Å². The van der Waals surface area contributed by atoms with Crippen molar-refractivity contribution in [1.29, 1.82) is 0 Å². The SMILES string of the molecule is CCOC(=O)[C@](C)(O)[C@@H](O)[C@@H]1COC(C)(C)O1. The Morgan fingerprint density at radius 2 is 2.24 bits per heavy atom. The minimum atomic E-state index is -2.01. The van der Waals surface area contributed by atoms with Crippen LogP contribution in [0.1, 0.15) is 27.7 Å². The first kappa shape index (κ1) is 14.4. The van der Waals surface area contributed by atoms with Crippen molar-refractivity contribution in [3.8, 4) is 0 Å². The van der Waals surface area contributed by atoms with Crippen molar-refractivity contribution in [3.05, 3.63) is 0 Å². The molecule has 0 radical (unpaired) electrons. The molecule has 0 aromatic heterocycles. The highest BCUT2D eigenvalue weighted by Gasteiger charge is 2.48. The number of aliphatic hydroxyl groups excluding tert-OH is 1. The van der Waals surface area contributed by atoms with E-state index in [-0.39, 0.29) is 13.2 Å². The lowest BCUT2D eigenvalue weighted by Crippen LogP contribution is -2.54. The van der Waals surface area contributed by atoms with Gasteiger partial charge in [0.15, 0.2) is 11.4 Å². The van der Waals surface area contributed by atoms with E-state index in [1.54, 1.807) is 20.8 Å². The maximum absolute atomic E-state index is 11.5. The highest BCUT2D eigenvalue weighted by molar-refractivity contribution is 5.79. The van der Waals surface area contributed by atoms with Gasteiger partial charge < -0.3 is 24.4 Å². The Kier molecular flexibility index (Phi) is 4.14. The third kappa shape index (κ3) is 3.16. The number of hydrogen-bond acceptors (Lipinski definition) is 6. The zero-order valence-corrected chi connectivity index (χ0v) is 10.6. The van der Waals surface area contributed by atoms with Crippen molar-refractivity contribution in [2.45, 2.75) is 51.3 Å². The Morgan fingerprint density at radius 1 is 1.65 bits per heavy atom. The molecule has 1 aliphatic heterocycles. The first-order chi connectivity index (χ1) is 7.70. The van der Waals surface area contributed by atoms with Gasteiger partial charge >= 0.3 is 5.97 Å². The van der Waals surface area contributed by atoms with Gasteiger partial charge in [-0.25, -0.2) is 4.79 Å². The molecule has 0 spiro atoms. The van der Waals surface area contributed by atoms with Crippen LogP contribution in [0, 0.1) is 0 Å². The van der Waals surface area contributed by atoms with E-state index in [2.05, 4.69) is 0 Å². The van der Waals surface area contributed by atoms with Crippen molar-refractivity contribution >= 4 is 5.97 Å². The smallest absolute Gasteiger partial charge is 0.340 e. The second-order valence-corrected chi connectivity index (χ2v) is 4.68. The molecule has 17 heavy (non-hydrogen) atoms. The second kappa shape index (κ2) is 4.89. The lowest BCUT2D eigenvalue weighted by atomic mass is 9.95. The van der Waals surface area contributed by atoms with Crippen LogP contribution in [0.5, 0.6) is 0 Å². The van der Waals surface area contributed by atoms with Crippen molar-refractivity contribution in [1.82, 2.24) is 0 Å². The minimum absolute atomic E-state index is 0.115. The number of hydrogen-bond donors (Lipinski definition) is 2. The van der Waals surface area contributed by atoms with E-state index in [1.807, 2.05) is 0 Å². The molecule has 0 amide bonds. The maximum Gasteiger partial charge on any atom is 0.340 e. The molecule has 1 saturated heterocycles. The molecular formula is C11H20O6. The van der Waals surface area contributed by atoms with Crippen LogP contribution in [0.15, 0.2) is 0 Å². The van der Waals surface area contributed by atoms with Gasteiger partial charge in [0.2, 0.25) is 0 Å². The summed E-state index contributed by atoms with van der Waals surface area (Å²) in [7, 11) is 0. The van der Waals surface area contributed by atoms with Gasteiger partial charge in [0.25, 0.3) is 0 Å². The van der Waals surface area contributed by atoms with Gasteiger partial charge in [-0.05, 0) is 27.7 Å². The summed E-state index contributed by atoms with van der Waals surface area (Å²) in [6, 6.07) is 0. The molecule has 6 nitrogen and oxygen atoms in total. The molecule has 6 heteroatoms. The first-order valence-electron chi connectivity index (χ1n) is 5.60. The van der Waals surface area contributed by atoms with Crippen LogP contribution < -0.4 is 0 Å². The van der Waals surface area contributed by atoms with Crippen molar-refractivity contribution in [2.75, 3.05) is 13.2 Å². The summed E-state index contributed by atoms with van der Waals surface area (Å²) >= 11 is 0. The average molecular weight is 248 g/mol. The minimum Gasteiger partial charge on any atom is -0.464 e. The van der Waals surface area contributed by atoms with Gasteiger partial charge in [0.1, 0.15) is 12.2 Å². The number of aliphatic hydroxyl groups is 2. The summed E-state index contributed by atoms with van der Waals surface area (Å²) in [5.74, 6) is -1.70. The number of carbonyl (C=O) groups is 1. The number of rotatable bonds is 4. The summed E-state index contributed by atoms with van der Waals surface area (Å²) in [4.78, 5) is 11.5. The first-order valence-corrected chi connectivity index (χ1v) is 5.60. The van der Waals surface area contributed by atoms with Crippen LogP contribution in [0.3, 0.4) is 0 Å². The van der Waals surface area contributed by atoms with E-state index in [1.165, 1.54) is 6.92 Å². The summed E-state index contributed by atoms with van der Waals surface area (Å²) in [5, 5.41) is 19.9. The lowest BCUT2D eigenvalue weighted by molar-refractivity contribution is -0.195. The molecule has 0 aromatic rings. The number of carbonyl (C=O) groups excluding carboxylic acids is 1. The highest BCUT2D eigenvalue weighted by atomic mass is 16.7. The van der Waals surface area contributed by atoms with Crippen LogP contribution in [0.25, 0.3) is 0 Å². The summed E-state index contributed by atoms with van der Waals surface area (Å²) in [6.45, 7) is 6.46. The summed E-state index contributed by atoms with van der Waals surface area (Å²) in [6.07, 6.45) is -2.16. The standard InChI is InChI=1S/C11H20O6/c1-5-15-9(13)11(4,14)8(12)7-6-16-10(2,3)17-7/h7-8,12,14H,5-6H2,1-4H3/t7-,8-,11+/m0/s1. The third-order valence-electron chi connectivity index (χ3n) is 2.65. The quantitative estimate of drug-likeness (QED) is 0.671. The molecule has 1 rings (SSSR count). The third-order valence-corrected chi connectivity index (χ3v) is 2.65. The Bertz CT molecular complexity index is 286. The van der Waals surface area contributed by atoms with Gasteiger partial charge in [-0.3, -0.25) is 0 Å². The van der Waals surface area contributed by atoms with Gasteiger partial charge in [-0.2, -0.15) is 0 Å². The molecule has 3 atom stereocenters. The molecule has 100 valence electrons. The normalized spacial score (nSPS) is 28.5. The Balaban J connectivity index is 2.69. The second-order valence-electron chi connectivity index (χ2n) is 4.68. The summed E-state index contributed by atoms with van der Waals surface area (Å²) in [5.41, 5.74) is -2.01. The molecule has 1 aliphatic rings. The van der Waals surface area contributed by atoms with Crippen LogP contribution in [0.4, 0.5) is 0 Å². The highest BCUT2D eigenvalue weighted by Crippen LogP contribution is 2.28. The molecule has 0 saturated carbocycles. The zero-order chi connectivity index (χ0) is 13.3. The van der Waals surface area contributed by atoms with E-state index < -0.39 is 29.6 Å². The fraction of sp³-hybridized carbons (Fsp3) is 0.909. The molecule has 1 heterocycles. The van der Waals surface area contributed by atoms with Crippen LogP contribution in [-0.4, -0.2) is 53.0 Å². The van der Waals surface area contributed by atoms with E-state index in [9.17, 15) is 15.0 Å². The van der Waals surface area contributed by atoms with Gasteiger partial charge in [0, 0.05) is 0 Å². The van der Waals surface area contributed by atoms with Crippen LogP contribution in [0.2, 0.25) is 0 Å². The largest absolute Gasteiger partial charge is 0.464 e. The Morgan fingerprint density at radius 3 is 2.65 bits per heavy atom. The molecule has 0 aromatic carbocycles. The van der Waals surface area contributed by atoms with Crippen LogP contribution in [-0.2, 0) is 19.0 Å². The monoisotopic (exact) mass is 248 g/mol. The molecule has 1 fully saturated rings. The molecule has 2 N–H and O–H groups in total. The van der Waals surface area contributed by atoms with Gasteiger partial charge in [0.05, 0.1) is 13.2 Å². The number of ether oxygens (including phenoxy) is 3. The summed E-state index contributed by atoms with van der Waals surface area (Å²) < 4.78 is 15.3. The topological polar surface area (TPSA) is 85.2 Å². The Labute approximate surface area is 100 Å². The van der Waals surface area contributed by atoms with Crippen molar-refractivity contribution in [2.24, 2.45) is 0 Å². The zero-order valence-electron chi connectivity index (χ0n) is 10.6. The molecule has 0 unspecified atom stereocenters. The Hall–Kier alpha value is -0.690. The molecule has 0 aliphatic carbocycles. The maximum atomic E-state index is 11.5. The van der Waals surface area contributed by atoms with E-state index in [4.69, 9.17) is 14.2 Å². The fourth-order valence-electron chi connectivity index (χ4n) is 1.63. The fourth-order valence-corrected chi connectivity index (χ4v) is 1.63. The lowest BCUT2D eigenvalue weighted by Gasteiger charge is -2.30. The predicted octanol–water partition coefficient (Wildman–Crippen LogP) is -0.187. The van der Waals surface area contributed by atoms with Crippen molar-refractivity contribution < 1.29 is 29.2 Å². The number of esters is 1. The van der Waals surface area contributed by atoms with Crippen molar-refractivity contribution in [3.63, 3.8) is 0 Å². The van der Waals surface area contributed by atoms with E-state index in [0.29, 0.717) is 0 Å². The average Bonchev–Trinajstić information content (AvgIpc) is 2.58. The molecular weight excluding hydrogens is 228 g/mol. The predicted molar refractivity (Wildman–Crippen MR) is 58.2 cm³/mol. The van der Waals surface area contributed by atoms with Crippen LogP contribution >= 0.6 is 0 Å². The van der Waals surface area contributed by atoms with Gasteiger partial charge in [-0.1, -0.05) is 0 Å². The van der Waals surface area contributed by atoms with E-state index >= 15 is 0 Å². The van der Waals surface area contributed by atoms with Gasteiger partial charge in [-0.15, -0.1) is 0 Å².